The van der Waals surface area contributed by atoms with E-state index in [1.165, 1.54) is 0 Å². The van der Waals surface area contributed by atoms with Gasteiger partial charge < -0.3 is 9.84 Å². The number of carbonyl (C=O) groups is 1. The van der Waals surface area contributed by atoms with Gasteiger partial charge in [-0.05, 0) is 6.92 Å². The Hall–Kier alpha value is -1.06. The normalized spacial score (nSPS) is 30.5. The highest BCUT2D eigenvalue weighted by Gasteiger charge is 2.39. The van der Waals surface area contributed by atoms with Crippen LogP contribution in [0.3, 0.4) is 0 Å². The fourth-order valence-electron chi connectivity index (χ4n) is 1.06. The topological polar surface area (TPSA) is 49.5 Å². The molecule has 0 fully saturated rings. The number of rotatable bonds is 1. The number of carboxylic acid groups (broad SMARTS) is 1. The molecule has 0 aromatic carbocycles. The van der Waals surface area contributed by atoms with Crippen molar-refractivity contribution in [3.05, 3.63) is 0 Å². The van der Waals surface area contributed by atoms with E-state index in [9.17, 15) is 4.79 Å². The first-order valence-corrected chi connectivity index (χ1v) is 3.53. The molecule has 0 bridgehead atoms. The Kier molecular flexibility index (Phi) is 1.85. The molecular weight excluding hydrogens is 146 g/mol. The number of aliphatic carboxylic acids is 1. The molecule has 0 aromatic rings. The Morgan fingerprint density at radius 3 is 2.36 bits per heavy atom. The van der Waals surface area contributed by atoms with Crippen LogP contribution in [0.5, 0.6) is 0 Å². The summed E-state index contributed by atoms with van der Waals surface area (Å²) in [6.45, 7) is 3.79. The standard InChI is InChI=1S/C7H11NO3/c1-4-5(2)11-6(7(9)10)8(4)3/h4-5H,1-3H3/p+1. The van der Waals surface area contributed by atoms with E-state index >= 15 is 0 Å². The van der Waals surface area contributed by atoms with Crippen molar-refractivity contribution in [2.24, 2.45) is 0 Å². The largest absolute Gasteiger partial charge is 0.471 e. The maximum Gasteiger partial charge on any atom is 0.451 e. The first-order valence-electron chi connectivity index (χ1n) is 3.53. The molecule has 1 heterocycles. The molecule has 0 saturated heterocycles. The zero-order chi connectivity index (χ0) is 8.59. The highest BCUT2D eigenvalue weighted by atomic mass is 16.5. The smallest absolute Gasteiger partial charge is 0.451 e. The minimum atomic E-state index is -0.997. The molecule has 2 unspecified atom stereocenters. The maximum absolute atomic E-state index is 10.5. The van der Waals surface area contributed by atoms with E-state index in [2.05, 4.69) is 0 Å². The van der Waals surface area contributed by atoms with Gasteiger partial charge in [-0.2, -0.15) is 4.58 Å². The zero-order valence-corrected chi connectivity index (χ0v) is 6.87. The van der Waals surface area contributed by atoms with Crippen molar-refractivity contribution < 1.29 is 19.2 Å². The first kappa shape index (κ1) is 8.04. The highest BCUT2D eigenvalue weighted by molar-refractivity contribution is 6.29. The van der Waals surface area contributed by atoms with Crippen LogP contribution in [-0.2, 0) is 9.53 Å². The Labute approximate surface area is 65.1 Å². The fourth-order valence-corrected chi connectivity index (χ4v) is 1.06. The van der Waals surface area contributed by atoms with Crippen molar-refractivity contribution in [1.82, 2.24) is 0 Å². The summed E-state index contributed by atoms with van der Waals surface area (Å²) in [7, 11) is 1.72. The van der Waals surface area contributed by atoms with Crippen LogP contribution in [0, 0.1) is 0 Å². The SMILES string of the molecule is CC1OC(C(=O)O)=[N+](C)C1C. The van der Waals surface area contributed by atoms with Gasteiger partial charge in [-0.1, -0.05) is 0 Å². The molecule has 2 atom stereocenters. The lowest BCUT2D eigenvalue weighted by Crippen LogP contribution is -2.25. The molecule has 0 aliphatic carbocycles. The third-order valence-corrected chi connectivity index (χ3v) is 2.09. The van der Waals surface area contributed by atoms with Crippen LogP contribution < -0.4 is 0 Å². The lowest BCUT2D eigenvalue weighted by Gasteiger charge is -2.01. The van der Waals surface area contributed by atoms with Crippen molar-refractivity contribution in [2.75, 3.05) is 7.05 Å². The molecule has 0 aromatic heterocycles. The molecule has 1 aliphatic heterocycles. The molecule has 1 aliphatic rings. The fraction of sp³-hybridized carbons (Fsp3) is 0.714. The highest BCUT2D eigenvalue weighted by Crippen LogP contribution is 2.10. The number of nitrogens with zero attached hydrogens (tertiary/aromatic N) is 1. The summed E-state index contributed by atoms with van der Waals surface area (Å²) in [6.07, 6.45) is -0.0360. The lowest BCUT2D eigenvalue weighted by molar-refractivity contribution is -0.526. The second-order valence-corrected chi connectivity index (χ2v) is 2.78. The van der Waals surface area contributed by atoms with Crippen LogP contribution in [0.4, 0.5) is 0 Å². The Balaban J connectivity index is 2.89. The lowest BCUT2D eigenvalue weighted by atomic mass is 10.2. The molecular formula is C7H12NO3+. The third-order valence-electron chi connectivity index (χ3n) is 2.09. The molecule has 4 nitrogen and oxygen atoms in total. The molecule has 4 heteroatoms. The van der Waals surface area contributed by atoms with Crippen LogP contribution in [-0.4, -0.2) is 40.7 Å². The van der Waals surface area contributed by atoms with E-state index in [0.717, 1.165) is 0 Å². The van der Waals surface area contributed by atoms with Gasteiger partial charge in [0.2, 0.25) is 0 Å². The van der Waals surface area contributed by atoms with Gasteiger partial charge in [-0.25, -0.2) is 4.79 Å². The molecule has 11 heavy (non-hydrogen) atoms. The van der Waals surface area contributed by atoms with Crippen molar-refractivity contribution in [1.29, 1.82) is 0 Å². The van der Waals surface area contributed by atoms with Crippen LogP contribution in [0.25, 0.3) is 0 Å². The zero-order valence-electron chi connectivity index (χ0n) is 6.87. The first-order chi connectivity index (χ1) is 5.04. The Bertz CT molecular complexity index is 222. The van der Waals surface area contributed by atoms with Crippen molar-refractivity contribution >= 4 is 11.9 Å². The van der Waals surface area contributed by atoms with Gasteiger partial charge in [0, 0.05) is 6.92 Å². The second kappa shape index (κ2) is 2.53. The van der Waals surface area contributed by atoms with Crippen molar-refractivity contribution in [2.45, 2.75) is 26.0 Å². The summed E-state index contributed by atoms with van der Waals surface area (Å²) in [5, 5.41) is 8.62. The number of likely N-dealkylation sites (N-methyl/N-ethyl adjacent to an activating group) is 1. The maximum atomic E-state index is 10.5. The van der Waals surface area contributed by atoms with E-state index in [1.807, 2.05) is 13.8 Å². The summed E-state index contributed by atoms with van der Waals surface area (Å²) in [5.74, 6) is -0.950. The molecule has 0 spiro atoms. The van der Waals surface area contributed by atoms with Crippen LogP contribution in [0.2, 0.25) is 0 Å². The summed E-state index contributed by atoms with van der Waals surface area (Å²) >= 11 is 0. The number of ether oxygens (including phenoxy) is 1. The summed E-state index contributed by atoms with van der Waals surface area (Å²) < 4.78 is 6.72. The van der Waals surface area contributed by atoms with Crippen molar-refractivity contribution in [3.8, 4) is 0 Å². The second-order valence-electron chi connectivity index (χ2n) is 2.78. The Morgan fingerprint density at radius 2 is 2.18 bits per heavy atom. The minimum absolute atomic E-state index is 0.0360. The molecule has 62 valence electrons. The van der Waals surface area contributed by atoms with E-state index in [-0.39, 0.29) is 18.0 Å². The molecule has 0 radical (unpaired) electrons. The average Bonchev–Trinajstić information content (AvgIpc) is 2.17. The number of hydrogen-bond acceptors (Lipinski definition) is 2. The Morgan fingerprint density at radius 1 is 1.64 bits per heavy atom. The van der Waals surface area contributed by atoms with Gasteiger partial charge in [0.15, 0.2) is 12.1 Å². The monoisotopic (exact) mass is 158 g/mol. The molecule has 1 N–H and O–H groups in total. The minimum Gasteiger partial charge on any atom is -0.471 e. The third kappa shape index (κ3) is 1.20. The van der Waals surface area contributed by atoms with E-state index in [0.29, 0.717) is 0 Å². The summed E-state index contributed by atoms with van der Waals surface area (Å²) in [4.78, 5) is 10.5. The van der Waals surface area contributed by atoms with Gasteiger partial charge in [-0.3, -0.25) is 0 Å². The summed E-state index contributed by atoms with van der Waals surface area (Å²) in [5.41, 5.74) is 0. The average molecular weight is 158 g/mol. The number of hydrogen-bond donors (Lipinski definition) is 1. The van der Waals surface area contributed by atoms with Gasteiger partial charge in [0.25, 0.3) is 0 Å². The molecule has 1 rings (SSSR count). The van der Waals surface area contributed by atoms with Crippen LogP contribution in [0.1, 0.15) is 13.8 Å². The molecule has 0 saturated carbocycles. The summed E-state index contributed by atoms with van der Waals surface area (Å²) in [6, 6.07) is 0.140. The van der Waals surface area contributed by atoms with E-state index < -0.39 is 5.97 Å². The van der Waals surface area contributed by atoms with Gasteiger partial charge in [0.1, 0.15) is 7.05 Å². The molecule has 0 amide bonds. The quantitative estimate of drug-likeness (QED) is 0.543. The van der Waals surface area contributed by atoms with Crippen molar-refractivity contribution in [3.63, 3.8) is 0 Å². The van der Waals surface area contributed by atoms with E-state index in [1.54, 1.807) is 11.6 Å². The predicted octanol–water partition coefficient (Wildman–Crippen LogP) is -0.0810. The van der Waals surface area contributed by atoms with Crippen LogP contribution >= 0.6 is 0 Å². The van der Waals surface area contributed by atoms with Gasteiger partial charge in [0.05, 0.1) is 0 Å². The van der Waals surface area contributed by atoms with Crippen LogP contribution in [0.15, 0.2) is 0 Å². The van der Waals surface area contributed by atoms with Gasteiger partial charge in [-0.15, -0.1) is 0 Å². The predicted molar refractivity (Wildman–Crippen MR) is 38.8 cm³/mol. The number of carboxylic acids is 1. The van der Waals surface area contributed by atoms with E-state index in [4.69, 9.17) is 9.84 Å². The van der Waals surface area contributed by atoms with Gasteiger partial charge >= 0.3 is 11.9 Å².